The average molecular weight is 267 g/mol. The summed E-state index contributed by atoms with van der Waals surface area (Å²) < 4.78 is 1.14. The van der Waals surface area contributed by atoms with Gasteiger partial charge in [-0.2, -0.15) is 0 Å². The van der Waals surface area contributed by atoms with E-state index in [2.05, 4.69) is 4.98 Å². The molecule has 1 aliphatic rings. The number of β-amino-alcohol motifs (C(OH)–C–C–N with tert-alkyl or cyclic N) is 1. The van der Waals surface area contributed by atoms with Gasteiger partial charge in [0.05, 0.1) is 13.1 Å². The second-order valence-electron chi connectivity index (χ2n) is 5.25. The van der Waals surface area contributed by atoms with Gasteiger partial charge in [-0.3, -0.25) is 19.1 Å². The summed E-state index contributed by atoms with van der Waals surface area (Å²) in [7, 11) is 0. The molecule has 7 heteroatoms. The first-order chi connectivity index (χ1) is 8.82. The van der Waals surface area contributed by atoms with Gasteiger partial charge in [-0.15, -0.1) is 0 Å². The van der Waals surface area contributed by atoms with E-state index in [1.165, 1.54) is 17.2 Å². The van der Waals surface area contributed by atoms with Crippen molar-refractivity contribution >= 4 is 5.91 Å². The molecule has 0 saturated carbocycles. The summed E-state index contributed by atoms with van der Waals surface area (Å²) in [6.45, 7) is 4.22. The van der Waals surface area contributed by atoms with Crippen molar-refractivity contribution in [3.63, 3.8) is 0 Å². The van der Waals surface area contributed by atoms with Gasteiger partial charge in [-0.05, 0) is 5.92 Å². The highest BCUT2D eigenvalue weighted by Gasteiger charge is 2.45. The fourth-order valence-corrected chi connectivity index (χ4v) is 1.97. The second kappa shape index (κ2) is 4.65. The number of aromatic amines is 1. The molecule has 1 aliphatic heterocycles. The van der Waals surface area contributed by atoms with E-state index in [1.54, 1.807) is 0 Å². The van der Waals surface area contributed by atoms with Gasteiger partial charge < -0.3 is 10.0 Å². The number of likely N-dealkylation sites (tertiary alicyclic amines) is 1. The molecule has 19 heavy (non-hydrogen) atoms. The van der Waals surface area contributed by atoms with Crippen molar-refractivity contribution in [3.8, 4) is 0 Å². The van der Waals surface area contributed by atoms with Crippen LogP contribution < -0.4 is 11.2 Å². The van der Waals surface area contributed by atoms with Gasteiger partial charge in [-0.25, -0.2) is 4.79 Å². The maximum Gasteiger partial charge on any atom is 0.328 e. The Morgan fingerprint density at radius 3 is 2.63 bits per heavy atom. The molecule has 0 aromatic carbocycles. The molecule has 0 unspecified atom stereocenters. The average Bonchev–Trinajstić information content (AvgIpc) is 2.28. The number of aromatic nitrogens is 2. The molecule has 0 atom stereocenters. The molecule has 1 amide bonds. The topological polar surface area (TPSA) is 95.4 Å². The molecule has 2 N–H and O–H groups in total. The fourth-order valence-electron chi connectivity index (χ4n) is 1.97. The van der Waals surface area contributed by atoms with Crippen LogP contribution in [0.25, 0.3) is 0 Å². The van der Waals surface area contributed by atoms with Gasteiger partial charge in [0.1, 0.15) is 12.1 Å². The molecular weight excluding hydrogens is 250 g/mol. The molecule has 1 saturated heterocycles. The van der Waals surface area contributed by atoms with Crippen molar-refractivity contribution in [1.29, 1.82) is 0 Å². The summed E-state index contributed by atoms with van der Waals surface area (Å²) in [5, 5.41) is 10.1. The molecule has 0 bridgehead atoms. The predicted octanol–water partition coefficient (Wildman–Crippen LogP) is -1.23. The SMILES string of the molecule is CC(C)C1(O)CN(C(=O)Cn2ccc(=O)[nH]c2=O)C1. The smallest absolute Gasteiger partial charge is 0.328 e. The first-order valence-corrected chi connectivity index (χ1v) is 6.12. The molecule has 2 heterocycles. The van der Waals surface area contributed by atoms with Gasteiger partial charge in [-0.1, -0.05) is 13.8 Å². The maximum atomic E-state index is 11.9. The van der Waals surface area contributed by atoms with E-state index in [4.69, 9.17) is 0 Å². The molecule has 0 aliphatic carbocycles. The number of amides is 1. The number of carbonyl (C=O) groups excluding carboxylic acids is 1. The predicted molar refractivity (Wildman–Crippen MR) is 67.7 cm³/mol. The summed E-state index contributed by atoms with van der Waals surface area (Å²) in [4.78, 5) is 37.8. The zero-order valence-electron chi connectivity index (χ0n) is 10.9. The zero-order chi connectivity index (χ0) is 14.2. The van der Waals surface area contributed by atoms with E-state index in [9.17, 15) is 19.5 Å². The number of H-pyrrole nitrogens is 1. The van der Waals surface area contributed by atoms with E-state index < -0.39 is 16.9 Å². The molecule has 2 rings (SSSR count). The monoisotopic (exact) mass is 267 g/mol. The van der Waals surface area contributed by atoms with Crippen LogP contribution in [0.15, 0.2) is 21.9 Å². The lowest BCUT2D eigenvalue weighted by Gasteiger charge is -2.49. The first-order valence-electron chi connectivity index (χ1n) is 6.12. The fraction of sp³-hybridized carbons (Fsp3) is 0.583. The van der Waals surface area contributed by atoms with Crippen LogP contribution in [0.3, 0.4) is 0 Å². The third-order valence-electron chi connectivity index (χ3n) is 3.56. The Kier molecular flexibility index (Phi) is 3.32. The Bertz CT molecular complexity index is 595. The van der Waals surface area contributed by atoms with E-state index >= 15 is 0 Å². The van der Waals surface area contributed by atoms with Crippen molar-refractivity contribution in [2.45, 2.75) is 26.0 Å². The number of nitrogens with one attached hydrogen (secondary N) is 1. The van der Waals surface area contributed by atoms with Crippen molar-refractivity contribution in [2.75, 3.05) is 13.1 Å². The maximum absolute atomic E-state index is 11.9. The Morgan fingerprint density at radius 1 is 1.47 bits per heavy atom. The van der Waals surface area contributed by atoms with Crippen LogP contribution in [-0.4, -0.2) is 44.2 Å². The van der Waals surface area contributed by atoms with Gasteiger partial charge in [0.2, 0.25) is 5.91 Å². The summed E-state index contributed by atoms with van der Waals surface area (Å²) in [6.07, 6.45) is 1.29. The molecule has 104 valence electrons. The molecular formula is C12H17N3O4. The standard InChI is InChI=1S/C12H17N3O4/c1-8(2)12(19)6-15(7-12)10(17)5-14-4-3-9(16)13-11(14)18/h3-4,8,19H,5-7H2,1-2H3,(H,13,16,18). The van der Waals surface area contributed by atoms with Crippen LogP contribution in [0.2, 0.25) is 0 Å². The van der Waals surface area contributed by atoms with Crippen molar-refractivity contribution in [2.24, 2.45) is 5.92 Å². The number of rotatable bonds is 3. The van der Waals surface area contributed by atoms with Gasteiger partial charge >= 0.3 is 5.69 Å². The normalized spacial score (nSPS) is 17.4. The van der Waals surface area contributed by atoms with E-state index in [-0.39, 0.29) is 31.5 Å². The van der Waals surface area contributed by atoms with Gasteiger partial charge in [0.25, 0.3) is 5.56 Å². The minimum atomic E-state index is -0.828. The number of carbonyl (C=O) groups is 1. The van der Waals surface area contributed by atoms with Crippen LogP contribution in [0.4, 0.5) is 0 Å². The van der Waals surface area contributed by atoms with Crippen molar-refractivity contribution in [3.05, 3.63) is 33.1 Å². The van der Waals surface area contributed by atoms with Crippen molar-refractivity contribution < 1.29 is 9.90 Å². The Hall–Kier alpha value is -1.89. The Morgan fingerprint density at radius 2 is 2.11 bits per heavy atom. The van der Waals surface area contributed by atoms with Gasteiger partial charge in [0, 0.05) is 12.3 Å². The molecule has 7 nitrogen and oxygen atoms in total. The lowest BCUT2D eigenvalue weighted by Crippen LogP contribution is -2.66. The Labute approximate surface area is 109 Å². The highest BCUT2D eigenvalue weighted by Crippen LogP contribution is 2.28. The molecule has 1 aromatic rings. The number of nitrogens with zero attached hydrogens (tertiary/aromatic N) is 2. The third kappa shape index (κ3) is 2.60. The summed E-state index contributed by atoms with van der Waals surface area (Å²) in [6, 6.07) is 1.19. The lowest BCUT2D eigenvalue weighted by atomic mass is 9.83. The van der Waals surface area contributed by atoms with Crippen LogP contribution in [-0.2, 0) is 11.3 Å². The third-order valence-corrected chi connectivity index (χ3v) is 3.56. The van der Waals surface area contributed by atoms with E-state index in [0.717, 1.165) is 4.57 Å². The number of aliphatic hydroxyl groups is 1. The first kappa shape index (κ1) is 13.5. The minimum absolute atomic E-state index is 0.0763. The summed E-state index contributed by atoms with van der Waals surface area (Å²) in [5.74, 6) is -0.174. The largest absolute Gasteiger partial charge is 0.386 e. The molecule has 1 aromatic heterocycles. The van der Waals surface area contributed by atoms with Crippen LogP contribution in [0, 0.1) is 5.92 Å². The molecule has 1 fully saturated rings. The highest BCUT2D eigenvalue weighted by molar-refractivity contribution is 5.77. The Balaban J connectivity index is 2.00. The summed E-state index contributed by atoms with van der Waals surface area (Å²) >= 11 is 0. The van der Waals surface area contributed by atoms with E-state index in [0.29, 0.717) is 0 Å². The quantitative estimate of drug-likeness (QED) is 0.716. The number of hydrogen-bond donors (Lipinski definition) is 2. The second-order valence-corrected chi connectivity index (χ2v) is 5.25. The van der Waals surface area contributed by atoms with Gasteiger partial charge in [0.15, 0.2) is 0 Å². The van der Waals surface area contributed by atoms with Crippen LogP contribution in [0.1, 0.15) is 13.8 Å². The van der Waals surface area contributed by atoms with Crippen LogP contribution in [0.5, 0.6) is 0 Å². The zero-order valence-corrected chi connectivity index (χ0v) is 10.9. The molecule has 0 radical (unpaired) electrons. The summed E-state index contributed by atoms with van der Waals surface area (Å²) in [5.41, 5.74) is -1.93. The highest BCUT2D eigenvalue weighted by atomic mass is 16.3. The lowest BCUT2D eigenvalue weighted by molar-refractivity contribution is -0.164. The van der Waals surface area contributed by atoms with E-state index in [1.807, 2.05) is 13.8 Å². The van der Waals surface area contributed by atoms with Crippen molar-refractivity contribution in [1.82, 2.24) is 14.5 Å². The minimum Gasteiger partial charge on any atom is -0.386 e. The number of hydrogen-bond acceptors (Lipinski definition) is 4. The van der Waals surface area contributed by atoms with Crippen LogP contribution >= 0.6 is 0 Å². The molecule has 0 spiro atoms.